The fourth-order valence-electron chi connectivity index (χ4n) is 5.30. The SMILES string of the molecule is CC(C)CN(C(=O)N(CC(C)C)c1ccc(N(CC(C)C)C(=O)N(CC(C)C)c2ccc(CO)cc2)cc1)c1ccc(CO)cc1. The average Bonchev–Trinajstić information content (AvgIpc) is 3.03. The van der Waals surface area contributed by atoms with E-state index in [1.54, 1.807) is 0 Å². The molecule has 0 aromatic heterocycles. The zero-order valence-electron chi connectivity index (χ0n) is 29.0. The van der Waals surface area contributed by atoms with Gasteiger partial charge in [-0.3, -0.25) is 19.6 Å². The van der Waals surface area contributed by atoms with Gasteiger partial charge in [0.2, 0.25) is 0 Å². The Morgan fingerprint density at radius 3 is 0.804 bits per heavy atom. The van der Waals surface area contributed by atoms with Crippen molar-refractivity contribution in [1.29, 1.82) is 0 Å². The van der Waals surface area contributed by atoms with Gasteiger partial charge in [-0.25, -0.2) is 9.59 Å². The third kappa shape index (κ3) is 10.1. The topological polar surface area (TPSA) is 87.6 Å². The number of aliphatic hydroxyl groups excluding tert-OH is 2. The van der Waals surface area contributed by atoms with Gasteiger partial charge in [0.1, 0.15) is 0 Å². The number of urea groups is 2. The van der Waals surface area contributed by atoms with Gasteiger partial charge in [0.05, 0.1) is 13.2 Å². The molecule has 3 aromatic carbocycles. The van der Waals surface area contributed by atoms with Gasteiger partial charge < -0.3 is 10.2 Å². The molecule has 0 aliphatic carbocycles. The van der Waals surface area contributed by atoms with Crippen LogP contribution in [-0.4, -0.2) is 48.5 Å². The summed E-state index contributed by atoms with van der Waals surface area (Å²) in [6.07, 6.45) is 0. The van der Waals surface area contributed by atoms with E-state index < -0.39 is 0 Å². The molecule has 2 N–H and O–H groups in total. The number of hydrogen-bond donors (Lipinski definition) is 2. The van der Waals surface area contributed by atoms with E-state index in [0.717, 1.165) is 33.9 Å². The zero-order chi connectivity index (χ0) is 34.0. The van der Waals surface area contributed by atoms with Crippen molar-refractivity contribution in [3.63, 3.8) is 0 Å². The lowest BCUT2D eigenvalue weighted by molar-refractivity contribution is 0.249. The first kappa shape index (κ1) is 36.6. The van der Waals surface area contributed by atoms with Crippen molar-refractivity contribution in [2.45, 2.75) is 68.6 Å². The van der Waals surface area contributed by atoms with Crippen molar-refractivity contribution < 1.29 is 19.8 Å². The van der Waals surface area contributed by atoms with Crippen LogP contribution in [0.25, 0.3) is 0 Å². The number of carbonyl (C=O) groups excluding carboxylic acids is 2. The summed E-state index contributed by atoms with van der Waals surface area (Å²) in [6, 6.07) is 22.4. The van der Waals surface area contributed by atoms with Gasteiger partial charge >= 0.3 is 12.1 Å². The lowest BCUT2D eigenvalue weighted by atomic mass is 10.1. The molecule has 0 aliphatic heterocycles. The number of amides is 4. The minimum absolute atomic E-state index is 0.0498. The van der Waals surface area contributed by atoms with Crippen LogP contribution in [0.5, 0.6) is 0 Å². The Morgan fingerprint density at radius 1 is 0.435 bits per heavy atom. The standard InChI is InChI=1S/C38H54N4O4/c1-27(2)21-39(33-13-9-31(25-43)10-14-33)37(45)41(23-29(5)6)35-17-19-36(20-18-35)42(24-30(7)8)38(46)40(22-28(3)4)34-15-11-32(26-44)12-16-34/h9-20,27-30,43-44H,21-26H2,1-8H3. The predicted molar refractivity (Wildman–Crippen MR) is 191 cm³/mol. The van der Waals surface area contributed by atoms with Crippen LogP contribution in [0.2, 0.25) is 0 Å². The van der Waals surface area contributed by atoms with Crippen LogP contribution >= 0.6 is 0 Å². The highest BCUT2D eigenvalue weighted by molar-refractivity contribution is 6.05. The molecule has 0 heterocycles. The monoisotopic (exact) mass is 630 g/mol. The van der Waals surface area contributed by atoms with Crippen molar-refractivity contribution in [1.82, 2.24) is 0 Å². The highest BCUT2D eigenvalue weighted by Gasteiger charge is 2.28. The molecule has 46 heavy (non-hydrogen) atoms. The molecule has 0 saturated carbocycles. The van der Waals surface area contributed by atoms with Gasteiger partial charge in [-0.15, -0.1) is 0 Å². The Kier molecular flexibility index (Phi) is 13.6. The Labute approximate surface area is 276 Å². The van der Waals surface area contributed by atoms with Crippen molar-refractivity contribution in [3.05, 3.63) is 83.9 Å². The second-order valence-corrected chi connectivity index (χ2v) is 13.7. The summed E-state index contributed by atoms with van der Waals surface area (Å²) in [5.41, 5.74) is 4.69. The minimum Gasteiger partial charge on any atom is -0.392 e. The molecule has 250 valence electrons. The molecule has 0 bridgehead atoms. The number of anilines is 4. The van der Waals surface area contributed by atoms with Crippen LogP contribution in [-0.2, 0) is 13.2 Å². The molecule has 0 atom stereocenters. The summed E-state index contributed by atoms with van der Waals surface area (Å²) >= 11 is 0. The molecule has 8 nitrogen and oxygen atoms in total. The van der Waals surface area contributed by atoms with Crippen LogP contribution in [0.4, 0.5) is 32.3 Å². The summed E-state index contributed by atoms with van der Waals surface area (Å²) in [5.74, 6) is 0.937. The van der Waals surface area contributed by atoms with Gasteiger partial charge in [0.25, 0.3) is 0 Å². The van der Waals surface area contributed by atoms with E-state index in [4.69, 9.17) is 0 Å². The van der Waals surface area contributed by atoms with Crippen LogP contribution in [0.3, 0.4) is 0 Å². The Balaban J connectivity index is 1.99. The number of rotatable bonds is 14. The summed E-state index contributed by atoms with van der Waals surface area (Å²) in [5, 5.41) is 19.0. The van der Waals surface area contributed by atoms with Gasteiger partial charge in [-0.05, 0) is 83.3 Å². The van der Waals surface area contributed by atoms with E-state index in [2.05, 4.69) is 55.4 Å². The number of aliphatic hydroxyl groups is 2. The van der Waals surface area contributed by atoms with Crippen LogP contribution in [0, 0.1) is 23.7 Å². The normalized spacial score (nSPS) is 11.4. The molecule has 3 aromatic rings. The first-order valence-corrected chi connectivity index (χ1v) is 16.5. The molecular formula is C38H54N4O4. The summed E-state index contributed by atoms with van der Waals surface area (Å²) in [6.45, 7) is 18.8. The first-order chi connectivity index (χ1) is 21.8. The second-order valence-electron chi connectivity index (χ2n) is 13.7. The van der Waals surface area contributed by atoms with Crippen LogP contribution in [0.15, 0.2) is 72.8 Å². The maximum absolute atomic E-state index is 14.3. The molecule has 4 amide bonds. The fourth-order valence-corrected chi connectivity index (χ4v) is 5.30. The predicted octanol–water partition coefficient (Wildman–Crippen LogP) is 8.16. The van der Waals surface area contributed by atoms with Crippen molar-refractivity contribution >= 4 is 34.8 Å². The number of benzene rings is 3. The Morgan fingerprint density at radius 2 is 0.630 bits per heavy atom. The number of hydrogen-bond acceptors (Lipinski definition) is 4. The average molecular weight is 631 g/mol. The van der Waals surface area contributed by atoms with E-state index in [1.807, 2.05) is 92.4 Å². The lowest BCUT2D eigenvalue weighted by Gasteiger charge is -2.34. The van der Waals surface area contributed by atoms with Gasteiger partial charge in [-0.2, -0.15) is 0 Å². The maximum Gasteiger partial charge on any atom is 0.328 e. The molecule has 0 spiro atoms. The van der Waals surface area contributed by atoms with Crippen LogP contribution < -0.4 is 19.6 Å². The Hall–Kier alpha value is -3.88. The van der Waals surface area contributed by atoms with E-state index in [0.29, 0.717) is 26.2 Å². The quantitative estimate of drug-likeness (QED) is 0.188. The highest BCUT2D eigenvalue weighted by atomic mass is 16.3. The van der Waals surface area contributed by atoms with Crippen molar-refractivity contribution in [3.8, 4) is 0 Å². The van der Waals surface area contributed by atoms with Gasteiger partial charge in [0, 0.05) is 48.9 Å². The second kappa shape index (κ2) is 17.2. The molecule has 3 rings (SSSR count). The molecule has 0 aliphatic rings. The fraction of sp³-hybridized carbons (Fsp3) is 0.474. The first-order valence-electron chi connectivity index (χ1n) is 16.5. The molecule has 8 heteroatoms. The number of nitrogens with zero attached hydrogens (tertiary/aromatic N) is 4. The molecule has 0 saturated heterocycles. The largest absolute Gasteiger partial charge is 0.392 e. The lowest BCUT2D eigenvalue weighted by Crippen LogP contribution is -2.47. The molecule has 0 unspecified atom stereocenters. The van der Waals surface area contributed by atoms with Gasteiger partial charge in [0.15, 0.2) is 0 Å². The van der Waals surface area contributed by atoms with E-state index in [-0.39, 0.29) is 48.9 Å². The highest BCUT2D eigenvalue weighted by Crippen LogP contribution is 2.28. The third-order valence-corrected chi connectivity index (χ3v) is 7.45. The minimum atomic E-state index is -0.114. The van der Waals surface area contributed by atoms with E-state index in [9.17, 15) is 19.8 Å². The smallest absolute Gasteiger partial charge is 0.328 e. The maximum atomic E-state index is 14.3. The van der Waals surface area contributed by atoms with E-state index in [1.165, 1.54) is 0 Å². The molecule has 0 radical (unpaired) electrons. The summed E-state index contributed by atoms with van der Waals surface area (Å²) in [4.78, 5) is 35.8. The van der Waals surface area contributed by atoms with E-state index >= 15 is 0 Å². The third-order valence-electron chi connectivity index (χ3n) is 7.45. The van der Waals surface area contributed by atoms with Crippen molar-refractivity contribution in [2.75, 3.05) is 45.8 Å². The summed E-state index contributed by atoms with van der Waals surface area (Å²) in [7, 11) is 0. The molecule has 0 fully saturated rings. The van der Waals surface area contributed by atoms with Crippen LogP contribution in [0.1, 0.15) is 66.5 Å². The molecular weight excluding hydrogens is 576 g/mol. The summed E-state index contributed by atoms with van der Waals surface area (Å²) < 4.78 is 0. The Bertz CT molecular complexity index is 1260. The zero-order valence-corrected chi connectivity index (χ0v) is 29.0. The van der Waals surface area contributed by atoms with Crippen molar-refractivity contribution in [2.24, 2.45) is 23.7 Å². The number of carbonyl (C=O) groups is 2. The van der Waals surface area contributed by atoms with Gasteiger partial charge in [-0.1, -0.05) is 79.7 Å².